The van der Waals surface area contributed by atoms with E-state index in [0.717, 1.165) is 0 Å². The summed E-state index contributed by atoms with van der Waals surface area (Å²) < 4.78 is 4.57. The molecule has 0 aliphatic carbocycles. The Kier molecular flexibility index (Phi) is 3.09. The van der Waals surface area contributed by atoms with Gasteiger partial charge in [-0.1, -0.05) is 18.2 Å². The zero-order valence-electron chi connectivity index (χ0n) is 7.23. The summed E-state index contributed by atoms with van der Waals surface area (Å²) in [5.74, 6) is -0.224. The smallest absolute Gasteiger partial charge is 0.307 e. The summed E-state index contributed by atoms with van der Waals surface area (Å²) in [4.78, 5) is 10.4. The molecule has 0 amide bonds. The molecule has 0 aliphatic heterocycles. The van der Waals surface area contributed by atoms with Crippen molar-refractivity contribution in [2.24, 2.45) is 0 Å². The standard InChI is InChI=1S/C10H10O3/c1-8(11)13-7-6-9-4-2-3-5-10(9)12/h2-7,12H,1H3. The molecular weight excluding hydrogens is 168 g/mol. The highest BCUT2D eigenvalue weighted by atomic mass is 16.5. The Morgan fingerprint density at radius 2 is 2.15 bits per heavy atom. The third-order valence-electron chi connectivity index (χ3n) is 1.42. The summed E-state index contributed by atoms with van der Waals surface area (Å²) in [7, 11) is 0. The number of carbonyl (C=O) groups excluding carboxylic acids is 1. The van der Waals surface area contributed by atoms with Crippen molar-refractivity contribution in [3.8, 4) is 5.75 Å². The molecule has 0 atom stereocenters. The normalized spacial score (nSPS) is 10.2. The number of rotatable bonds is 2. The van der Waals surface area contributed by atoms with Crippen LogP contribution < -0.4 is 0 Å². The maximum atomic E-state index is 10.4. The van der Waals surface area contributed by atoms with Gasteiger partial charge in [-0.25, -0.2) is 0 Å². The second kappa shape index (κ2) is 4.30. The number of aromatic hydroxyl groups is 1. The molecule has 0 radical (unpaired) electrons. The van der Waals surface area contributed by atoms with Crippen LogP contribution in [0.3, 0.4) is 0 Å². The van der Waals surface area contributed by atoms with Gasteiger partial charge in [0, 0.05) is 12.5 Å². The molecule has 68 valence electrons. The van der Waals surface area contributed by atoms with Crippen molar-refractivity contribution in [2.75, 3.05) is 0 Å². The highest BCUT2D eigenvalue weighted by Crippen LogP contribution is 2.16. The lowest BCUT2D eigenvalue weighted by atomic mass is 10.2. The molecule has 0 aliphatic rings. The molecule has 0 saturated heterocycles. The first-order valence-electron chi connectivity index (χ1n) is 3.82. The van der Waals surface area contributed by atoms with Crippen LogP contribution in [-0.2, 0) is 9.53 Å². The molecule has 0 bridgehead atoms. The fourth-order valence-corrected chi connectivity index (χ4v) is 0.832. The number of carbonyl (C=O) groups is 1. The van der Waals surface area contributed by atoms with Crippen LogP contribution in [0, 0.1) is 0 Å². The first-order valence-corrected chi connectivity index (χ1v) is 3.82. The Balaban J connectivity index is 2.68. The van der Waals surface area contributed by atoms with E-state index < -0.39 is 0 Å². The van der Waals surface area contributed by atoms with E-state index in [9.17, 15) is 9.90 Å². The highest BCUT2D eigenvalue weighted by Gasteiger charge is 1.93. The lowest BCUT2D eigenvalue weighted by Crippen LogP contribution is -1.89. The summed E-state index contributed by atoms with van der Waals surface area (Å²) in [6.45, 7) is 1.31. The fraction of sp³-hybridized carbons (Fsp3) is 0.100. The predicted octanol–water partition coefficient (Wildman–Crippen LogP) is 1.93. The van der Waals surface area contributed by atoms with E-state index in [2.05, 4.69) is 4.74 Å². The van der Waals surface area contributed by atoms with Gasteiger partial charge in [-0.05, 0) is 12.1 Å². The molecular formula is C10H10O3. The van der Waals surface area contributed by atoms with Gasteiger partial charge in [-0.2, -0.15) is 0 Å². The molecule has 1 aromatic rings. The second-order valence-corrected chi connectivity index (χ2v) is 2.47. The lowest BCUT2D eigenvalue weighted by molar-refractivity contribution is -0.135. The zero-order chi connectivity index (χ0) is 9.68. The third-order valence-corrected chi connectivity index (χ3v) is 1.42. The van der Waals surface area contributed by atoms with E-state index in [1.807, 2.05) is 0 Å². The first kappa shape index (κ1) is 9.32. The van der Waals surface area contributed by atoms with Crippen LogP contribution in [0.5, 0.6) is 5.75 Å². The summed E-state index contributed by atoms with van der Waals surface area (Å²) >= 11 is 0. The molecule has 0 spiro atoms. The Morgan fingerprint density at radius 1 is 1.46 bits per heavy atom. The van der Waals surface area contributed by atoms with Gasteiger partial charge in [0.15, 0.2) is 0 Å². The first-order chi connectivity index (χ1) is 6.20. The molecule has 3 nitrogen and oxygen atoms in total. The number of para-hydroxylation sites is 1. The van der Waals surface area contributed by atoms with Crippen molar-refractivity contribution in [1.82, 2.24) is 0 Å². The highest BCUT2D eigenvalue weighted by molar-refractivity contribution is 5.68. The van der Waals surface area contributed by atoms with E-state index in [0.29, 0.717) is 5.56 Å². The molecule has 3 heteroatoms. The largest absolute Gasteiger partial charge is 0.507 e. The molecule has 0 aromatic heterocycles. The molecule has 13 heavy (non-hydrogen) atoms. The Morgan fingerprint density at radius 3 is 2.77 bits per heavy atom. The number of hydrogen-bond acceptors (Lipinski definition) is 3. The van der Waals surface area contributed by atoms with Gasteiger partial charge in [-0.15, -0.1) is 0 Å². The fourth-order valence-electron chi connectivity index (χ4n) is 0.832. The van der Waals surface area contributed by atoms with E-state index in [4.69, 9.17) is 0 Å². The van der Waals surface area contributed by atoms with Crippen LogP contribution in [0.4, 0.5) is 0 Å². The summed E-state index contributed by atoms with van der Waals surface area (Å²) in [6.07, 6.45) is 2.77. The molecule has 0 heterocycles. The van der Waals surface area contributed by atoms with Gasteiger partial charge < -0.3 is 9.84 Å². The van der Waals surface area contributed by atoms with E-state index >= 15 is 0 Å². The number of phenols is 1. The second-order valence-electron chi connectivity index (χ2n) is 2.47. The minimum absolute atomic E-state index is 0.158. The monoisotopic (exact) mass is 178 g/mol. The van der Waals surface area contributed by atoms with Gasteiger partial charge >= 0.3 is 5.97 Å². The van der Waals surface area contributed by atoms with Gasteiger partial charge in [0.2, 0.25) is 0 Å². The van der Waals surface area contributed by atoms with Crippen LogP contribution in [0.2, 0.25) is 0 Å². The Bertz CT molecular complexity index is 329. The molecule has 1 N–H and O–H groups in total. The number of ether oxygens (including phenoxy) is 1. The van der Waals surface area contributed by atoms with Crippen LogP contribution in [0.15, 0.2) is 30.5 Å². The van der Waals surface area contributed by atoms with Crippen LogP contribution >= 0.6 is 0 Å². The van der Waals surface area contributed by atoms with Crippen molar-refractivity contribution in [2.45, 2.75) is 6.92 Å². The zero-order valence-corrected chi connectivity index (χ0v) is 7.23. The SMILES string of the molecule is CC(=O)OC=Cc1ccccc1O. The molecule has 1 aromatic carbocycles. The van der Waals surface area contributed by atoms with Crippen LogP contribution in [-0.4, -0.2) is 11.1 Å². The number of esters is 1. The van der Waals surface area contributed by atoms with Crippen LogP contribution in [0.1, 0.15) is 12.5 Å². The number of hydrogen-bond donors (Lipinski definition) is 1. The maximum absolute atomic E-state index is 10.4. The summed E-state index contributed by atoms with van der Waals surface area (Å²) in [6, 6.07) is 6.79. The minimum atomic E-state index is -0.383. The quantitative estimate of drug-likeness (QED) is 0.556. The van der Waals surface area contributed by atoms with Crippen LogP contribution in [0.25, 0.3) is 6.08 Å². The molecule has 0 fully saturated rings. The molecule has 0 unspecified atom stereocenters. The number of benzene rings is 1. The van der Waals surface area contributed by atoms with Gasteiger partial charge in [0.1, 0.15) is 5.75 Å². The molecule has 0 saturated carbocycles. The maximum Gasteiger partial charge on any atom is 0.307 e. The van der Waals surface area contributed by atoms with E-state index in [-0.39, 0.29) is 11.7 Å². The minimum Gasteiger partial charge on any atom is -0.507 e. The Labute approximate surface area is 76.3 Å². The number of phenolic OH excluding ortho intramolecular Hbond substituents is 1. The van der Waals surface area contributed by atoms with Crippen molar-refractivity contribution in [3.63, 3.8) is 0 Å². The lowest BCUT2D eigenvalue weighted by Gasteiger charge is -1.96. The van der Waals surface area contributed by atoms with Gasteiger partial charge in [0.05, 0.1) is 6.26 Å². The van der Waals surface area contributed by atoms with E-state index in [1.165, 1.54) is 19.3 Å². The average Bonchev–Trinajstić information content (AvgIpc) is 2.08. The summed E-state index contributed by atoms with van der Waals surface area (Å²) in [5, 5.41) is 9.28. The van der Waals surface area contributed by atoms with Crippen molar-refractivity contribution in [3.05, 3.63) is 36.1 Å². The third kappa shape index (κ3) is 2.99. The predicted molar refractivity (Wildman–Crippen MR) is 48.9 cm³/mol. The van der Waals surface area contributed by atoms with Gasteiger partial charge in [-0.3, -0.25) is 4.79 Å². The topological polar surface area (TPSA) is 46.5 Å². The van der Waals surface area contributed by atoms with Gasteiger partial charge in [0.25, 0.3) is 0 Å². The molecule has 1 rings (SSSR count). The van der Waals surface area contributed by atoms with E-state index in [1.54, 1.807) is 24.3 Å². The van der Waals surface area contributed by atoms with Crippen molar-refractivity contribution < 1.29 is 14.6 Å². The average molecular weight is 178 g/mol. The summed E-state index contributed by atoms with van der Waals surface area (Å²) in [5.41, 5.74) is 0.615. The Hall–Kier alpha value is -1.77. The van der Waals surface area contributed by atoms with Crippen molar-refractivity contribution in [1.29, 1.82) is 0 Å². The van der Waals surface area contributed by atoms with Crippen molar-refractivity contribution >= 4 is 12.0 Å².